The molecule has 0 aromatic heterocycles. The number of amides is 3. The second kappa shape index (κ2) is 9.51. The van der Waals surface area contributed by atoms with E-state index in [2.05, 4.69) is 31.4 Å². The second-order valence-electron chi connectivity index (χ2n) is 9.95. The summed E-state index contributed by atoms with van der Waals surface area (Å²) in [5.41, 5.74) is 2.79. The minimum atomic E-state index is -0.0630. The topological polar surface area (TPSA) is 64.7 Å². The zero-order valence-corrected chi connectivity index (χ0v) is 19.1. The van der Waals surface area contributed by atoms with Gasteiger partial charge in [0.25, 0.3) is 0 Å². The van der Waals surface area contributed by atoms with Crippen molar-refractivity contribution in [2.75, 3.05) is 30.9 Å². The summed E-state index contributed by atoms with van der Waals surface area (Å²) >= 11 is 0. The lowest BCUT2D eigenvalue weighted by Crippen LogP contribution is -2.43. The molecule has 0 saturated heterocycles. The number of nitrogens with one attached hydrogen (secondary N) is 2. The molecule has 0 bridgehead atoms. The summed E-state index contributed by atoms with van der Waals surface area (Å²) in [7, 11) is 3.99. The molecular formula is C23H38N4O2. The van der Waals surface area contributed by atoms with E-state index in [1.54, 1.807) is 0 Å². The van der Waals surface area contributed by atoms with Crippen LogP contribution in [0, 0.1) is 11.3 Å². The molecule has 1 aliphatic carbocycles. The average molecular weight is 403 g/mol. The summed E-state index contributed by atoms with van der Waals surface area (Å²) in [5.74, 6) is 0.610. The molecule has 1 saturated carbocycles. The molecular weight excluding hydrogens is 364 g/mol. The highest BCUT2D eigenvalue weighted by atomic mass is 16.2. The van der Waals surface area contributed by atoms with E-state index in [1.165, 1.54) is 12.8 Å². The highest BCUT2D eigenvalue weighted by Crippen LogP contribution is 2.32. The molecule has 6 heteroatoms. The van der Waals surface area contributed by atoms with Gasteiger partial charge in [-0.15, -0.1) is 0 Å². The molecule has 1 fully saturated rings. The van der Waals surface area contributed by atoms with Gasteiger partial charge in [-0.2, -0.15) is 0 Å². The van der Waals surface area contributed by atoms with Gasteiger partial charge in [0.1, 0.15) is 0 Å². The van der Waals surface area contributed by atoms with Gasteiger partial charge in [-0.1, -0.05) is 20.8 Å². The number of carbonyl (C=O) groups excluding carboxylic acids is 2. The highest BCUT2D eigenvalue weighted by Gasteiger charge is 2.28. The molecule has 0 spiro atoms. The Morgan fingerprint density at radius 3 is 2.34 bits per heavy atom. The molecule has 2 rings (SSSR count). The molecule has 0 unspecified atom stereocenters. The SMILES string of the molecule is CC(C)NC(=O)N(Cc1cc(NC(=O)CC(C)(C)C)ccc1N(C)C)CC1CC1. The first-order chi connectivity index (χ1) is 13.4. The van der Waals surface area contributed by atoms with E-state index in [9.17, 15) is 9.59 Å². The maximum absolute atomic E-state index is 12.8. The van der Waals surface area contributed by atoms with Crippen LogP contribution in [0.1, 0.15) is 59.4 Å². The molecule has 1 aromatic carbocycles. The Morgan fingerprint density at radius 1 is 1.17 bits per heavy atom. The first-order valence-electron chi connectivity index (χ1n) is 10.6. The number of rotatable bonds is 8. The van der Waals surface area contributed by atoms with Crippen molar-refractivity contribution in [3.63, 3.8) is 0 Å². The van der Waals surface area contributed by atoms with Crippen LogP contribution in [0.15, 0.2) is 18.2 Å². The van der Waals surface area contributed by atoms with Crippen molar-refractivity contribution in [2.45, 2.75) is 66.5 Å². The molecule has 0 atom stereocenters. The lowest BCUT2D eigenvalue weighted by atomic mass is 9.92. The average Bonchev–Trinajstić information content (AvgIpc) is 3.35. The van der Waals surface area contributed by atoms with Crippen LogP contribution in [-0.4, -0.2) is 43.5 Å². The number of anilines is 2. The van der Waals surface area contributed by atoms with Crippen LogP contribution in [0.2, 0.25) is 0 Å². The van der Waals surface area contributed by atoms with Crippen molar-refractivity contribution < 1.29 is 9.59 Å². The van der Waals surface area contributed by atoms with Crippen molar-refractivity contribution >= 4 is 23.3 Å². The third kappa shape index (κ3) is 7.95. The summed E-state index contributed by atoms with van der Waals surface area (Å²) < 4.78 is 0. The van der Waals surface area contributed by atoms with Crippen LogP contribution >= 0.6 is 0 Å². The molecule has 2 N–H and O–H groups in total. The quantitative estimate of drug-likeness (QED) is 0.675. The molecule has 0 radical (unpaired) electrons. The molecule has 1 aromatic rings. The van der Waals surface area contributed by atoms with Crippen molar-refractivity contribution in [1.82, 2.24) is 10.2 Å². The van der Waals surface area contributed by atoms with E-state index in [1.807, 2.05) is 55.9 Å². The zero-order valence-electron chi connectivity index (χ0n) is 19.1. The summed E-state index contributed by atoms with van der Waals surface area (Å²) in [6.07, 6.45) is 2.84. The predicted molar refractivity (Wildman–Crippen MR) is 120 cm³/mol. The highest BCUT2D eigenvalue weighted by molar-refractivity contribution is 5.91. The maximum atomic E-state index is 12.8. The summed E-state index contributed by atoms with van der Waals surface area (Å²) in [5, 5.41) is 6.04. The van der Waals surface area contributed by atoms with E-state index in [-0.39, 0.29) is 23.4 Å². The molecule has 6 nitrogen and oxygen atoms in total. The van der Waals surface area contributed by atoms with Crippen LogP contribution in [0.25, 0.3) is 0 Å². The van der Waals surface area contributed by atoms with Gasteiger partial charge in [0.05, 0.1) is 0 Å². The molecule has 0 aliphatic heterocycles. The largest absolute Gasteiger partial charge is 0.377 e. The molecule has 29 heavy (non-hydrogen) atoms. The van der Waals surface area contributed by atoms with E-state index in [0.29, 0.717) is 18.9 Å². The van der Waals surface area contributed by atoms with Crippen LogP contribution in [0.4, 0.5) is 16.2 Å². The fraction of sp³-hybridized carbons (Fsp3) is 0.652. The maximum Gasteiger partial charge on any atom is 0.317 e. The smallest absolute Gasteiger partial charge is 0.317 e. The van der Waals surface area contributed by atoms with Gasteiger partial charge in [-0.25, -0.2) is 4.79 Å². The standard InChI is InChI=1S/C23H38N4O2/c1-16(2)24-22(29)27(14-17-8-9-17)15-18-12-19(10-11-20(18)26(6)7)25-21(28)13-23(3,4)5/h10-12,16-17H,8-9,13-15H2,1-7H3,(H,24,29)(H,25,28). The lowest BCUT2D eigenvalue weighted by Gasteiger charge is -2.27. The zero-order chi connectivity index (χ0) is 21.8. The van der Waals surface area contributed by atoms with Gasteiger partial charge >= 0.3 is 6.03 Å². The Balaban J connectivity index is 2.22. The summed E-state index contributed by atoms with van der Waals surface area (Å²) in [6, 6.07) is 6.01. The summed E-state index contributed by atoms with van der Waals surface area (Å²) in [4.78, 5) is 29.1. The first-order valence-corrected chi connectivity index (χ1v) is 10.6. The number of carbonyl (C=O) groups is 2. The number of urea groups is 1. The fourth-order valence-corrected chi connectivity index (χ4v) is 3.29. The van der Waals surface area contributed by atoms with E-state index in [0.717, 1.165) is 23.5 Å². The van der Waals surface area contributed by atoms with Gasteiger partial charge in [0.2, 0.25) is 5.91 Å². The van der Waals surface area contributed by atoms with Crippen LogP contribution in [-0.2, 0) is 11.3 Å². The van der Waals surface area contributed by atoms with Crippen LogP contribution in [0.3, 0.4) is 0 Å². The van der Waals surface area contributed by atoms with Gasteiger partial charge in [-0.3, -0.25) is 4.79 Å². The molecule has 0 heterocycles. The van der Waals surface area contributed by atoms with Crippen molar-refractivity contribution in [1.29, 1.82) is 0 Å². The minimum absolute atomic E-state index is 0.00782. The Labute approximate surface area is 176 Å². The fourth-order valence-electron chi connectivity index (χ4n) is 3.29. The molecule has 3 amide bonds. The van der Waals surface area contributed by atoms with Gasteiger partial charge in [-0.05, 0) is 61.8 Å². The molecule has 162 valence electrons. The third-order valence-electron chi connectivity index (χ3n) is 4.77. The van der Waals surface area contributed by atoms with Crippen LogP contribution in [0.5, 0.6) is 0 Å². The Kier molecular flexibility index (Phi) is 7.55. The first kappa shape index (κ1) is 23.0. The van der Waals surface area contributed by atoms with Gasteiger partial charge < -0.3 is 20.4 Å². The Bertz CT molecular complexity index is 718. The third-order valence-corrected chi connectivity index (χ3v) is 4.77. The Hall–Kier alpha value is -2.24. The van der Waals surface area contributed by atoms with Gasteiger partial charge in [0, 0.05) is 51.0 Å². The number of nitrogens with zero attached hydrogens (tertiary/aromatic N) is 2. The number of hydrogen-bond donors (Lipinski definition) is 2. The van der Waals surface area contributed by atoms with Crippen molar-refractivity contribution in [2.24, 2.45) is 11.3 Å². The number of hydrogen-bond acceptors (Lipinski definition) is 3. The monoisotopic (exact) mass is 402 g/mol. The second-order valence-corrected chi connectivity index (χ2v) is 9.95. The predicted octanol–water partition coefficient (Wildman–Crippen LogP) is 4.46. The van der Waals surface area contributed by atoms with Crippen molar-refractivity contribution in [3.05, 3.63) is 23.8 Å². The van der Waals surface area contributed by atoms with E-state index in [4.69, 9.17) is 0 Å². The minimum Gasteiger partial charge on any atom is -0.377 e. The molecule has 1 aliphatic rings. The van der Waals surface area contributed by atoms with Crippen LogP contribution < -0.4 is 15.5 Å². The lowest BCUT2D eigenvalue weighted by molar-refractivity contribution is -0.117. The summed E-state index contributed by atoms with van der Waals surface area (Å²) in [6.45, 7) is 11.4. The van der Waals surface area contributed by atoms with E-state index >= 15 is 0 Å². The van der Waals surface area contributed by atoms with E-state index < -0.39 is 0 Å². The van der Waals surface area contributed by atoms with Gasteiger partial charge in [0.15, 0.2) is 0 Å². The van der Waals surface area contributed by atoms with Crippen molar-refractivity contribution in [3.8, 4) is 0 Å². The number of benzene rings is 1. The normalized spacial score (nSPS) is 13.9. The Morgan fingerprint density at radius 2 is 1.83 bits per heavy atom.